The van der Waals surface area contributed by atoms with Gasteiger partial charge >= 0.3 is 12.1 Å². The van der Waals surface area contributed by atoms with E-state index in [9.17, 15) is 14.4 Å². The van der Waals surface area contributed by atoms with E-state index >= 15 is 0 Å². The summed E-state index contributed by atoms with van der Waals surface area (Å²) in [6, 6.07) is 13.6. The van der Waals surface area contributed by atoms with Gasteiger partial charge in [0.2, 0.25) is 0 Å². The molecule has 0 saturated carbocycles. The van der Waals surface area contributed by atoms with Crippen molar-refractivity contribution in [3.63, 3.8) is 0 Å². The van der Waals surface area contributed by atoms with Gasteiger partial charge in [-0.15, -0.1) is 0 Å². The van der Waals surface area contributed by atoms with Gasteiger partial charge in [0.1, 0.15) is 23.4 Å². The van der Waals surface area contributed by atoms with Crippen LogP contribution < -0.4 is 20.1 Å². The average Bonchev–Trinajstić information content (AvgIpc) is 3.61. The van der Waals surface area contributed by atoms with Gasteiger partial charge in [-0.3, -0.25) is 19.6 Å². The van der Waals surface area contributed by atoms with Gasteiger partial charge in [0, 0.05) is 74.7 Å². The maximum Gasteiger partial charge on any atom is 0.408 e. The second kappa shape index (κ2) is 21.6. The van der Waals surface area contributed by atoms with E-state index in [4.69, 9.17) is 23.6 Å². The number of anilines is 1. The Morgan fingerprint density at radius 1 is 0.944 bits per heavy atom. The quantitative estimate of drug-likeness (QED) is 0.110. The number of rotatable bonds is 11. The van der Waals surface area contributed by atoms with Crippen LogP contribution >= 0.6 is 0 Å². The van der Waals surface area contributed by atoms with E-state index in [1.54, 1.807) is 27.9 Å². The van der Waals surface area contributed by atoms with E-state index in [0.717, 1.165) is 87.7 Å². The molecule has 0 aliphatic carbocycles. The summed E-state index contributed by atoms with van der Waals surface area (Å²) in [6.07, 6.45) is 2.81. The molecule has 2 saturated heterocycles. The topological polar surface area (TPSA) is 140 Å². The first-order chi connectivity index (χ1) is 33.4. The van der Waals surface area contributed by atoms with Crippen molar-refractivity contribution in [2.24, 2.45) is 5.41 Å². The van der Waals surface area contributed by atoms with Crippen LogP contribution in [0.15, 0.2) is 48.7 Å². The van der Waals surface area contributed by atoms with Gasteiger partial charge in [0.25, 0.3) is 14.2 Å². The third-order valence-electron chi connectivity index (χ3n) is 15.0. The number of ether oxygens (including phenoxy) is 3. The molecular weight excluding hydrogens is 911 g/mol. The third-order valence-corrected chi connectivity index (χ3v) is 21.0. The first-order valence-corrected chi connectivity index (χ1v) is 28.3. The van der Waals surface area contributed by atoms with E-state index in [-0.39, 0.29) is 25.0 Å². The Labute approximate surface area is 424 Å². The fourth-order valence-corrected chi connectivity index (χ4v) is 16.6. The van der Waals surface area contributed by atoms with Crippen molar-refractivity contribution in [2.75, 3.05) is 58.4 Å². The van der Waals surface area contributed by atoms with Crippen LogP contribution in [-0.4, -0.2) is 117 Å². The number of hydrazine groups is 1. The Hall–Kier alpha value is -4.96. The minimum absolute atomic E-state index is 0.143. The molecule has 0 radical (unpaired) electrons. The number of likely N-dealkylation sites (N-methyl/N-ethyl adjacent to an activating group) is 1. The lowest BCUT2D eigenvalue weighted by Crippen LogP contribution is -2.60. The third kappa shape index (κ3) is 11.8. The molecule has 3 aliphatic rings. The molecule has 0 unspecified atom stereocenters. The van der Waals surface area contributed by atoms with Gasteiger partial charge in [-0.05, 0) is 130 Å². The SMILES string of the molecule is CCn1c(-c2cc(N3CCN(C)CC3)cnc2[C@H](C)OC)c2c3cc(ccc31)-c1cc(cc(O[Si](C(C)C)(C(C)C)C(C)C)c1)C[C@H](NC(=O)OC(C)(C)C)C(=O)N1CCC[C@H](N1)C(=O)OCC(C)(C)C2. The number of fused-ring (bicyclic) bond motifs is 6. The lowest BCUT2D eigenvalue weighted by Gasteiger charge is -2.42. The number of esters is 1. The Morgan fingerprint density at radius 2 is 1.63 bits per heavy atom. The van der Waals surface area contributed by atoms with Gasteiger partial charge in [-0.2, -0.15) is 0 Å². The molecule has 2 fully saturated rings. The Morgan fingerprint density at radius 3 is 2.27 bits per heavy atom. The van der Waals surface area contributed by atoms with Gasteiger partial charge in [-0.1, -0.05) is 67.5 Å². The maximum absolute atomic E-state index is 14.8. The molecule has 388 valence electrons. The van der Waals surface area contributed by atoms with Gasteiger partial charge in [0.15, 0.2) is 0 Å². The number of benzene rings is 2. The van der Waals surface area contributed by atoms with Gasteiger partial charge < -0.3 is 38.3 Å². The molecule has 14 nitrogen and oxygen atoms in total. The largest absolute Gasteiger partial charge is 0.543 e. The molecule has 7 rings (SSSR count). The fraction of sp³-hybridized carbons (Fsp3) is 0.607. The Bertz CT molecular complexity index is 2540. The molecule has 2 amide bonds. The van der Waals surface area contributed by atoms with Crippen molar-refractivity contribution in [3.05, 3.63) is 65.5 Å². The number of carbonyl (C=O) groups excluding carboxylic acids is 3. The maximum atomic E-state index is 14.8. The summed E-state index contributed by atoms with van der Waals surface area (Å²) in [6.45, 7) is 32.6. The molecule has 0 spiro atoms. The summed E-state index contributed by atoms with van der Waals surface area (Å²) >= 11 is 0. The highest BCUT2D eigenvalue weighted by Crippen LogP contribution is 2.46. The first-order valence-electron chi connectivity index (χ1n) is 26.1. The molecule has 2 aromatic carbocycles. The minimum atomic E-state index is -2.48. The zero-order valence-electron chi connectivity index (χ0n) is 45.5. The highest BCUT2D eigenvalue weighted by Gasteiger charge is 2.47. The number of carbonyl (C=O) groups is 3. The lowest BCUT2D eigenvalue weighted by molar-refractivity contribution is -0.155. The van der Waals surface area contributed by atoms with Crippen LogP contribution in [0.25, 0.3) is 33.3 Å². The number of methoxy groups -OCH3 is 1. The Kier molecular flexibility index (Phi) is 16.4. The highest BCUT2D eigenvalue weighted by atomic mass is 28.4. The number of pyridine rings is 1. The van der Waals surface area contributed by atoms with Gasteiger partial charge in [-0.25, -0.2) is 10.2 Å². The van der Waals surface area contributed by atoms with Crippen LogP contribution in [0.1, 0.15) is 126 Å². The first kappa shape index (κ1) is 53.8. The zero-order valence-corrected chi connectivity index (χ0v) is 46.5. The number of nitrogens with one attached hydrogen (secondary N) is 2. The minimum Gasteiger partial charge on any atom is -0.543 e. The summed E-state index contributed by atoms with van der Waals surface area (Å²) in [4.78, 5) is 52.5. The summed E-state index contributed by atoms with van der Waals surface area (Å²) in [5.74, 6) is -0.0455. The molecule has 6 bridgehead atoms. The van der Waals surface area contributed by atoms with Crippen molar-refractivity contribution in [1.29, 1.82) is 0 Å². The number of piperazine rings is 1. The number of amides is 2. The average molecular weight is 994 g/mol. The number of hydrogen-bond acceptors (Lipinski definition) is 11. The summed E-state index contributed by atoms with van der Waals surface area (Å²) in [5, 5.41) is 5.50. The lowest BCUT2D eigenvalue weighted by atomic mass is 9.84. The molecule has 4 aromatic rings. The molecule has 3 atom stereocenters. The molecule has 2 N–H and O–H groups in total. The predicted molar refractivity (Wildman–Crippen MR) is 286 cm³/mol. The second-order valence-electron chi connectivity index (χ2n) is 23.0. The van der Waals surface area contributed by atoms with E-state index in [0.29, 0.717) is 49.0 Å². The molecular formula is C56H83N7O7Si. The summed E-state index contributed by atoms with van der Waals surface area (Å²) < 4.78 is 27.9. The summed E-state index contributed by atoms with van der Waals surface area (Å²) in [7, 11) is 1.43. The van der Waals surface area contributed by atoms with Crippen molar-refractivity contribution in [1.82, 2.24) is 30.2 Å². The van der Waals surface area contributed by atoms with Crippen LogP contribution in [0.2, 0.25) is 16.6 Å². The van der Waals surface area contributed by atoms with Crippen molar-refractivity contribution in [2.45, 2.75) is 163 Å². The van der Waals surface area contributed by atoms with Crippen LogP contribution in [0.4, 0.5) is 10.5 Å². The fourth-order valence-electron chi connectivity index (χ4n) is 11.4. The van der Waals surface area contributed by atoms with Crippen molar-refractivity contribution < 1.29 is 33.0 Å². The van der Waals surface area contributed by atoms with Crippen LogP contribution in [0, 0.1) is 5.41 Å². The number of hydrogen-bond donors (Lipinski definition) is 2. The van der Waals surface area contributed by atoms with E-state index in [2.05, 4.69) is 144 Å². The number of aromatic nitrogens is 2. The highest BCUT2D eigenvalue weighted by molar-refractivity contribution is 6.78. The monoisotopic (exact) mass is 994 g/mol. The van der Waals surface area contributed by atoms with E-state index in [1.165, 1.54) is 5.01 Å². The van der Waals surface area contributed by atoms with Gasteiger partial charge in [0.05, 0.1) is 36.0 Å². The van der Waals surface area contributed by atoms with Crippen LogP contribution in [0.3, 0.4) is 0 Å². The normalized spacial score (nSPS) is 20.1. The van der Waals surface area contributed by atoms with Crippen LogP contribution in [-0.2, 0) is 43.2 Å². The number of cyclic esters (lactones) is 1. The molecule has 5 heterocycles. The molecule has 3 aliphatic heterocycles. The van der Waals surface area contributed by atoms with E-state index < -0.39 is 43.5 Å². The zero-order chi connectivity index (χ0) is 51.7. The van der Waals surface area contributed by atoms with Crippen LogP contribution in [0.5, 0.6) is 5.75 Å². The smallest absolute Gasteiger partial charge is 0.408 e. The Balaban J connectivity index is 1.49. The summed E-state index contributed by atoms with van der Waals surface area (Å²) in [5.41, 5.74) is 11.8. The van der Waals surface area contributed by atoms with E-state index in [1.807, 2.05) is 6.20 Å². The van der Waals surface area contributed by atoms with Crippen molar-refractivity contribution >= 4 is 42.9 Å². The molecule has 2 aromatic heterocycles. The second-order valence-corrected chi connectivity index (χ2v) is 28.4. The molecule has 71 heavy (non-hydrogen) atoms. The number of aryl methyl sites for hydroxylation is 1. The molecule has 15 heteroatoms. The number of alkyl carbamates (subject to hydrolysis) is 1. The predicted octanol–water partition coefficient (Wildman–Crippen LogP) is 10.5. The number of nitrogens with zero attached hydrogens (tertiary/aromatic N) is 5. The standard InChI is InChI=1S/C56H83N7O7Si/c1-16-62-49-20-19-40-30-44(49)46(51(62)45-31-42(33-57-50(45)38(8)67-15)61-24-22-60(14)23-25-61)32-56(12,13)34-68-53(65)47-18-17-21-63(59-47)52(64)48(58-54(66)69-55(9,10)11)28-39-26-41(40)29-43(27-39)70-71(35(2)3,36(4)5)37(6)7/h19-20,26-27,29-31,33,35-38,47-48,59H,16-18,21-25,28,32,34H2,1-15H3,(H,58,66)/t38-,47-,48-/m0/s1. The van der Waals surface area contributed by atoms with Crippen molar-refractivity contribution in [3.8, 4) is 28.1 Å².